The molecule has 0 aromatic heterocycles. The quantitative estimate of drug-likeness (QED) is 0.787. The second-order valence-electron chi connectivity index (χ2n) is 6.86. The molecule has 1 aromatic rings. The van der Waals surface area contributed by atoms with Crippen LogP contribution in [0.4, 0.5) is 0 Å². The van der Waals surface area contributed by atoms with Gasteiger partial charge < -0.3 is 0 Å². The first-order chi connectivity index (χ1) is 9.22. The molecule has 1 aromatic carbocycles. The van der Waals surface area contributed by atoms with Crippen molar-refractivity contribution in [3.8, 4) is 0 Å². The summed E-state index contributed by atoms with van der Waals surface area (Å²) in [5.41, 5.74) is 0.878. The van der Waals surface area contributed by atoms with Crippen molar-refractivity contribution in [1.82, 2.24) is 0 Å². The first kappa shape index (κ1) is 12.0. The van der Waals surface area contributed by atoms with Crippen molar-refractivity contribution in [3.63, 3.8) is 0 Å². The standard InChI is InChI=1S/C17H20OS/c18-16(15-4-2-1-3-5-15)19-17-9-12-6-13(10-17)8-14(7-12)11-17/h1-5,12-14H,6-11H2. The largest absolute Gasteiger partial charge is 0.282 e. The van der Waals surface area contributed by atoms with E-state index in [0.717, 1.165) is 23.3 Å². The van der Waals surface area contributed by atoms with Crippen molar-refractivity contribution in [2.75, 3.05) is 0 Å². The second kappa shape index (κ2) is 4.37. The fraction of sp³-hybridized carbons (Fsp3) is 0.588. The monoisotopic (exact) mass is 272 g/mol. The Morgan fingerprint density at radius 1 is 0.947 bits per heavy atom. The molecule has 4 aliphatic carbocycles. The summed E-state index contributed by atoms with van der Waals surface area (Å²) >= 11 is 1.67. The number of thioether (sulfide) groups is 1. The highest BCUT2D eigenvalue weighted by atomic mass is 32.2. The van der Waals surface area contributed by atoms with Gasteiger partial charge in [-0.05, 0) is 56.3 Å². The molecule has 0 amide bonds. The van der Waals surface area contributed by atoms with Gasteiger partial charge >= 0.3 is 0 Å². The molecular weight excluding hydrogens is 252 g/mol. The van der Waals surface area contributed by atoms with Crippen LogP contribution in [-0.4, -0.2) is 9.86 Å². The average Bonchev–Trinajstić information content (AvgIpc) is 2.37. The second-order valence-corrected chi connectivity index (χ2v) is 8.30. The van der Waals surface area contributed by atoms with E-state index >= 15 is 0 Å². The number of carbonyl (C=O) groups excluding carboxylic acids is 1. The van der Waals surface area contributed by atoms with E-state index in [4.69, 9.17) is 0 Å². The van der Waals surface area contributed by atoms with Crippen LogP contribution >= 0.6 is 11.8 Å². The molecule has 2 heteroatoms. The smallest absolute Gasteiger partial charge is 0.219 e. The van der Waals surface area contributed by atoms with Crippen molar-refractivity contribution in [3.05, 3.63) is 35.9 Å². The van der Waals surface area contributed by atoms with Crippen LogP contribution in [0.25, 0.3) is 0 Å². The Balaban J connectivity index is 1.55. The molecular formula is C17H20OS. The Kier molecular flexibility index (Phi) is 2.77. The van der Waals surface area contributed by atoms with E-state index in [9.17, 15) is 4.79 Å². The normalized spacial score (nSPS) is 39.5. The molecule has 4 aliphatic rings. The summed E-state index contributed by atoms with van der Waals surface area (Å²) in [6.45, 7) is 0. The molecule has 0 spiro atoms. The minimum Gasteiger partial charge on any atom is -0.282 e. The lowest BCUT2D eigenvalue weighted by Crippen LogP contribution is -2.49. The predicted molar refractivity (Wildman–Crippen MR) is 79.3 cm³/mol. The maximum atomic E-state index is 12.5. The summed E-state index contributed by atoms with van der Waals surface area (Å²) in [4.78, 5) is 12.5. The van der Waals surface area contributed by atoms with Gasteiger partial charge in [-0.3, -0.25) is 4.79 Å². The average molecular weight is 272 g/mol. The van der Waals surface area contributed by atoms with E-state index in [2.05, 4.69) is 0 Å². The maximum Gasteiger partial charge on any atom is 0.219 e. The SMILES string of the molecule is O=C(SC12CC3CC(CC(C3)C1)C2)c1ccccc1. The van der Waals surface area contributed by atoms with Gasteiger partial charge in [0.1, 0.15) is 0 Å². The Labute approximate surface area is 119 Å². The van der Waals surface area contributed by atoms with Crippen LogP contribution < -0.4 is 0 Å². The van der Waals surface area contributed by atoms with Crippen molar-refractivity contribution in [1.29, 1.82) is 0 Å². The molecule has 0 saturated heterocycles. The van der Waals surface area contributed by atoms with E-state index in [-0.39, 0.29) is 0 Å². The van der Waals surface area contributed by atoms with Gasteiger partial charge in [0.15, 0.2) is 0 Å². The highest BCUT2D eigenvalue weighted by Crippen LogP contribution is 2.60. The van der Waals surface area contributed by atoms with E-state index in [0.29, 0.717) is 9.86 Å². The van der Waals surface area contributed by atoms with E-state index < -0.39 is 0 Å². The first-order valence-corrected chi connectivity index (χ1v) is 8.32. The Hall–Kier alpha value is -0.760. The summed E-state index contributed by atoms with van der Waals surface area (Å²) in [6.07, 6.45) is 8.21. The molecule has 0 heterocycles. The van der Waals surface area contributed by atoms with Gasteiger partial charge in [-0.15, -0.1) is 0 Å². The molecule has 0 atom stereocenters. The number of carbonyl (C=O) groups is 1. The van der Waals surface area contributed by atoms with Crippen LogP contribution in [-0.2, 0) is 0 Å². The first-order valence-electron chi connectivity index (χ1n) is 7.51. The van der Waals surface area contributed by atoms with Crippen molar-refractivity contribution >= 4 is 16.9 Å². The van der Waals surface area contributed by atoms with Crippen LogP contribution in [0.3, 0.4) is 0 Å². The third-order valence-corrected chi connectivity index (χ3v) is 6.65. The van der Waals surface area contributed by atoms with Gasteiger partial charge in [-0.25, -0.2) is 0 Å². The zero-order valence-electron chi connectivity index (χ0n) is 11.2. The van der Waals surface area contributed by atoms with E-state index in [1.165, 1.54) is 38.5 Å². The van der Waals surface area contributed by atoms with Gasteiger partial charge in [-0.2, -0.15) is 0 Å². The number of hydrogen-bond donors (Lipinski definition) is 0. The molecule has 1 nitrogen and oxygen atoms in total. The summed E-state index contributed by atoms with van der Waals surface area (Å²) in [5, 5.41) is 0.294. The lowest BCUT2D eigenvalue weighted by Gasteiger charge is -2.56. The van der Waals surface area contributed by atoms with Crippen LogP contribution in [0.2, 0.25) is 0 Å². The summed E-state index contributed by atoms with van der Waals surface area (Å²) in [6, 6.07) is 9.82. The third-order valence-electron chi connectivity index (χ3n) is 5.30. The molecule has 0 radical (unpaired) electrons. The van der Waals surface area contributed by atoms with Crippen molar-refractivity contribution in [2.45, 2.75) is 43.3 Å². The molecule has 100 valence electrons. The fourth-order valence-corrected chi connectivity index (χ4v) is 6.59. The van der Waals surface area contributed by atoms with Crippen LogP contribution in [0.15, 0.2) is 30.3 Å². The van der Waals surface area contributed by atoms with Crippen LogP contribution in [0.5, 0.6) is 0 Å². The van der Waals surface area contributed by atoms with E-state index in [1.807, 2.05) is 30.3 Å². The minimum atomic E-state index is 0.293. The van der Waals surface area contributed by atoms with Crippen LogP contribution in [0, 0.1) is 17.8 Å². The Morgan fingerprint density at radius 2 is 1.47 bits per heavy atom. The lowest BCUT2D eigenvalue weighted by molar-refractivity contribution is 0.0382. The van der Waals surface area contributed by atoms with Gasteiger partial charge in [0, 0.05) is 10.3 Å². The predicted octanol–water partition coefficient (Wildman–Crippen LogP) is 4.53. The molecule has 5 rings (SSSR count). The van der Waals surface area contributed by atoms with Gasteiger partial charge in [0.05, 0.1) is 0 Å². The topological polar surface area (TPSA) is 17.1 Å². The minimum absolute atomic E-state index is 0.293. The van der Waals surface area contributed by atoms with Gasteiger partial charge in [0.2, 0.25) is 5.12 Å². The van der Waals surface area contributed by atoms with Gasteiger partial charge in [-0.1, -0.05) is 42.1 Å². The fourth-order valence-electron chi connectivity index (χ4n) is 4.99. The lowest BCUT2D eigenvalue weighted by atomic mass is 9.56. The highest BCUT2D eigenvalue weighted by molar-refractivity contribution is 8.15. The molecule has 4 bridgehead atoms. The zero-order chi connectivity index (χ0) is 12.9. The number of hydrogen-bond acceptors (Lipinski definition) is 2. The summed E-state index contributed by atoms with van der Waals surface area (Å²) in [5.74, 6) is 2.76. The molecule has 0 unspecified atom stereocenters. The van der Waals surface area contributed by atoms with Gasteiger partial charge in [0.25, 0.3) is 0 Å². The van der Waals surface area contributed by atoms with Crippen molar-refractivity contribution in [2.24, 2.45) is 17.8 Å². The molecule has 0 N–H and O–H groups in total. The Morgan fingerprint density at radius 3 is 2.00 bits per heavy atom. The highest BCUT2D eigenvalue weighted by Gasteiger charge is 2.52. The third kappa shape index (κ3) is 2.14. The molecule has 4 fully saturated rings. The number of rotatable bonds is 2. The molecule has 0 aliphatic heterocycles. The van der Waals surface area contributed by atoms with Crippen LogP contribution in [0.1, 0.15) is 48.9 Å². The summed E-state index contributed by atoms with van der Waals surface area (Å²) < 4.78 is 0.293. The van der Waals surface area contributed by atoms with Crippen molar-refractivity contribution < 1.29 is 4.79 Å². The summed E-state index contributed by atoms with van der Waals surface area (Å²) in [7, 11) is 0. The molecule has 19 heavy (non-hydrogen) atoms. The molecule has 4 saturated carbocycles. The zero-order valence-corrected chi connectivity index (χ0v) is 12.0. The number of benzene rings is 1. The maximum absolute atomic E-state index is 12.5. The van der Waals surface area contributed by atoms with E-state index in [1.54, 1.807) is 11.8 Å². The Bertz CT molecular complexity index is 458.